The van der Waals surface area contributed by atoms with Gasteiger partial charge in [-0.25, -0.2) is 8.42 Å². The van der Waals surface area contributed by atoms with Crippen molar-refractivity contribution in [2.24, 2.45) is 0 Å². The van der Waals surface area contributed by atoms with Gasteiger partial charge in [-0.3, -0.25) is 4.79 Å². The van der Waals surface area contributed by atoms with Crippen molar-refractivity contribution in [1.82, 2.24) is 10.2 Å². The Balaban J connectivity index is 1.46. The normalized spacial score (nSPS) is 16.4. The number of hydrogen-bond acceptors (Lipinski definition) is 5. The Hall–Kier alpha value is -1.83. The largest absolute Gasteiger partial charge is 0.459 e. The Morgan fingerprint density at radius 1 is 1.22 bits per heavy atom. The van der Waals surface area contributed by atoms with E-state index in [1.807, 2.05) is 6.92 Å². The van der Waals surface area contributed by atoms with E-state index >= 15 is 0 Å². The number of hydrogen-bond donors (Lipinski definition) is 1. The van der Waals surface area contributed by atoms with Crippen LogP contribution in [0.5, 0.6) is 0 Å². The van der Waals surface area contributed by atoms with Crippen LogP contribution < -0.4 is 5.32 Å². The molecule has 1 fully saturated rings. The van der Waals surface area contributed by atoms with Gasteiger partial charge in [0.15, 0.2) is 15.6 Å². The predicted octanol–water partition coefficient (Wildman–Crippen LogP) is 2.91. The second-order valence-electron chi connectivity index (χ2n) is 6.79. The molecule has 2 aromatic rings. The summed E-state index contributed by atoms with van der Waals surface area (Å²) in [6.45, 7) is 3.81. The molecular formula is C19H23ClN2O4S. The first-order chi connectivity index (χ1) is 12.8. The molecular weight excluding hydrogens is 388 g/mol. The fourth-order valence-corrected chi connectivity index (χ4v) is 4.58. The van der Waals surface area contributed by atoms with Crippen LogP contribution in [0.2, 0.25) is 5.02 Å². The number of likely N-dealkylation sites (tertiary alicyclic amines) is 1. The van der Waals surface area contributed by atoms with Crippen LogP contribution in [0.4, 0.5) is 0 Å². The second-order valence-corrected chi connectivity index (χ2v) is 9.34. The summed E-state index contributed by atoms with van der Waals surface area (Å²) in [5, 5.41) is 3.51. The van der Waals surface area contributed by atoms with Gasteiger partial charge in [-0.1, -0.05) is 11.6 Å². The Kier molecular flexibility index (Phi) is 6.24. The zero-order chi connectivity index (χ0) is 19.4. The molecule has 0 atom stereocenters. The van der Waals surface area contributed by atoms with Crippen molar-refractivity contribution in [3.05, 3.63) is 52.9 Å². The fraction of sp³-hybridized carbons (Fsp3) is 0.421. The summed E-state index contributed by atoms with van der Waals surface area (Å²) in [5.41, 5.74) is 0.817. The Morgan fingerprint density at radius 2 is 1.89 bits per heavy atom. The zero-order valence-corrected chi connectivity index (χ0v) is 16.7. The fourth-order valence-electron chi connectivity index (χ4n) is 3.17. The van der Waals surface area contributed by atoms with Crippen molar-refractivity contribution < 1.29 is 17.6 Å². The molecule has 8 heteroatoms. The molecule has 1 aliphatic heterocycles. The highest BCUT2D eigenvalue weighted by molar-refractivity contribution is 7.91. The molecule has 146 valence electrons. The lowest BCUT2D eigenvalue weighted by Crippen LogP contribution is -2.45. The van der Waals surface area contributed by atoms with Gasteiger partial charge in [0.05, 0.1) is 16.9 Å². The van der Waals surface area contributed by atoms with Crippen LogP contribution in [-0.2, 0) is 9.84 Å². The van der Waals surface area contributed by atoms with E-state index in [9.17, 15) is 13.2 Å². The first-order valence-electron chi connectivity index (χ1n) is 8.91. The molecule has 6 nitrogen and oxygen atoms in total. The Morgan fingerprint density at radius 3 is 2.48 bits per heavy atom. The van der Waals surface area contributed by atoms with Gasteiger partial charge in [-0.2, -0.15) is 0 Å². The van der Waals surface area contributed by atoms with E-state index < -0.39 is 9.84 Å². The van der Waals surface area contributed by atoms with Gasteiger partial charge in [0, 0.05) is 36.3 Å². The minimum Gasteiger partial charge on any atom is -0.459 e. The van der Waals surface area contributed by atoms with Crippen molar-refractivity contribution in [2.75, 3.05) is 25.4 Å². The number of nitrogens with one attached hydrogen (secondary N) is 1. The number of benzene rings is 1. The third kappa shape index (κ3) is 5.12. The highest BCUT2D eigenvalue weighted by Crippen LogP contribution is 2.17. The highest BCUT2D eigenvalue weighted by Gasteiger charge is 2.24. The van der Waals surface area contributed by atoms with Crippen molar-refractivity contribution in [3.8, 4) is 0 Å². The third-order valence-electron chi connectivity index (χ3n) is 4.84. The SMILES string of the molecule is Cc1ccoc1C(=O)NC1CCN(CCS(=O)(=O)c2ccc(Cl)cc2)CC1. The Bertz CT molecular complexity index is 885. The van der Waals surface area contributed by atoms with E-state index in [1.54, 1.807) is 18.2 Å². The van der Waals surface area contributed by atoms with Gasteiger partial charge in [0.25, 0.3) is 5.91 Å². The summed E-state index contributed by atoms with van der Waals surface area (Å²) in [6.07, 6.45) is 3.08. The second kappa shape index (κ2) is 8.46. The van der Waals surface area contributed by atoms with Gasteiger partial charge < -0.3 is 14.6 Å². The summed E-state index contributed by atoms with van der Waals surface area (Å²) in [5.74, 6) is 0.227. The number of furan rings is 1. The van der Waals surface area contributed by atoms with Crippen LogP contribution in [0.15, 0.2) is 45.9 Å². The van der Waals surface area contributed by atoms with Gasteiger partial charge in [-0.05, 0) is 50.1 Å². The summed E-state index contributed by atoms with van der Waals surface area (Å²) in [6, 6.07) is 8.09. The molecule has 0 spiro atoms. The maximum absolute atomic E-state index is 12.4. The van der Waals surface area contributed by atoms with Crippen LogP contribution in [0.25, 0.3) is 0 Å². The minimum absolute atomic E-state index is 0.0667. The molecule has 1 N–H and O–H groups in total. The maximum atomic E-state index is 12.4. The number of sulfone groups is 1. The number of piperidine rings is 1. The van der Waals surface area contributed by atoms with E-state index in [-0.39, 0.29) is 17.7 Å². The van der Waals surface area contributed by atoms with Gasteiger partial charge in [-0.15, -0.1) is 0 Å². The quantitative estimate of drug-likeness (QED) is 0.792. The molecule has 0 bridgehead atoms. The van der Waals surface area contributed by atoms with Crippen molar-refractivity contribution in [3.63, 3.8) is 0 Å². The first-order valence-corrected chi connectivity index (χ1v) is 10.9. The average Bonchev–Trinajstić information content (AvgIpc) is 3.08. The van der Waals surface area contributed by atoms with Gasteiger partial charge >= 0.3 is 0 Å². The summed E-state index contributed by atoms with van der Waals surface area (Å²) < 4.78 is 30.1. The number of rotatable bonds is 6. The van der Waals surface area contributed by atoms with Crippen LogP contribution in [0.3, 0.4) is 0 Å². The minimum atomic E-state index is -3.33. The molecule has 3 rings (SSSR count). The number of aryl methyl sites for hydroxylation is 1. The molecule has 0 saturated carbocycles. The molecule has 1 saturated heterocycles. The number of halogens is 1. The average molecular weight is 411 g/mol. The molecule has 0 unspecified atom stereocenters. The smallest absolute Gasteiger partial charge is 0.287 e. The molecule has 0 aliphatic carbocycles. The van der Waals surface area contributed by atoms with E-state index in [2.05, 4.69) is 10.2 Å². The van der Waals surface area contributed by atoms with Gasteiger partial charge in [0.2, 0.25) is 0 Å². The molecule has 27 heavy (non-hydrogen) atoms. The van der Waals surface area contributed by atoms with E-state index in [4.69, 9.17) is 16.0 Å². The van der Waals surface area contributed by atoms with E-state index in [0.717, 1.165) is 31.5 Å². The lowest BCUT2D eigenvalue weighted by atomic mass is 10.0. The summed E-state index contributed by atoms with van der Waals surface area (Å²) in [7, 11) is -3.33. The molecule has 1 amide bonds. The predicted molar refractivity (Wildman–Crippen MR) is 104 cm³/mol. The molecule has 2 heterocycles. The van der Waals surface area contributed by atoms with Gasteiger partial charge in [0.1, 0.15) is 0 Å². The highest BCUT2D eigenvalue weighted by atomic mass is 35.5. The topological polar surface area (TPSA) is 79.6 Å². The zero-order valence-electron chi connectivity index (χ0n) is 15.2. The molecule has 0 radical (unpaired) electrons. The Labute approximate surface area is 164 Å². The molecule has 1 aromatic heterocycles. The maximum Gasteiger partial charge on any atom is 0.287 e. The van der Waals surface area contributed by atoms with E-state index in [1.165, 1.54) is 18.4 Å². The lowest BCUT2D eigenvalue weighted by molar-refractivity contribution is 0.0884. The van der Waals surface area contributed by atoms with Crippen LogP contribution >= 0.6 is 11.6 Å². The number of amides is 1. The molecule has 1 aromatic carbocycles. The monoisotopic (exact) mass is 410 g/mol. The van der Waals surface area contributed by atoms with E-state index in [0.29, 0.717) is 22.2 Å². The van der Waals surface area contributed by atoms with Crippen molar-refractivity contribution >= 4 is 27.3 Å². The van der Waals surface area contributed by atoms with Crippen LogP contribution in [0, 0.1) is 6.92 Å². The van der Waals surface area contributed by atoms with Crippen LogP contribution in [0.1, 0.15) is 29.0 Å². The third-order valence-corrected chi connectivity index (χ3v) is 6.80. The number of carbonyl (C=O) groups excluding carboxylic acids is 1. The lowest BCUT2D eigenvalue weighted by Gasteiger charge is -2.32. The summed E-state index contributed by atoms with van der Waals surface area (Å²) >= 11 is 5.81. The summed E-state index contributed by atoms with van der Waals surface area (Å²) in [4.78, 5) is 14.6. The molecule has 1 aliphatic rings. The van der Waals surface area contributed by atoms with Crippen LogP contribution in [-0.4, -0.2) is 50.7 Å². The number of carbonyl (C=O) groups is 1. The number of nitrogens with zero attached hydrogens (tertiary/aromatic N) is 1. The standard InChI is InChI=1S/C19H23ClN2O4S/c1-14-8-12-26-18(14)19(23)21-16-6-9-22(10-7-16)11-13-27(24,25)17-4-2-15(20)3-5-17/h2-5,8,12,16H,6-7,9-11,13H2,1H3,(H,21,23). The van der Waals surface area contributed by atoms with Crippen molar-refractivity contribution in [2.45, 2.75) is 30.7 Å². The van der Waals surface area contributed by atoms with Crippen molar-refractivity contribution in [1.29, 1.82) is 0 Å². The first kappa shape index (κ1) is 19.9.